The third kappa shape index (κ3) is 6.02. The fourth-order valence-corrected chi connectivity index (χ4v) is 2.39. The summed E-state index contributed by atoms with van der Waals surface area (Å²) in [6, 6.07) is 7.63. The van der Waals surface area contributed by atoms with Gasteiger partial charge in [0.2, 0.25) is 0 Å². The molecule has 27 heavy (non-hydrogen) atoms. The number of esters is 1. The highest BCUT2D eigenvalue weighted by molar-refractivity contribution is 5.90. The van der Waals surface area contributed by atoms with E-state index in [-0.39, 0.29) is 11.9 Å². The molecule has 0 spiro atoms. The highest BCUT2D eigenvalue weighted by Gasteiger charge is 2.15. The molecule has 7 nitrogen and oxygen atoms in total. The number of furan rings is 1. The van der Waals surface area contributed by atoms with Crippen molar-refractivity contribution in [2.24, 2.45) is 4.99 Å². The normalized spacial score (nSPS) is 12.4. The SMILES string of the molecule is CN=C(NCc1cc(C(=O)OC)c(C)o1)NCC(C)Oc1cccc(F)c1. The number of benzene rings is 1. The van der Waals surface area contributed by atoms with E-state index in [0.717, 1.165) is 0 Å². The Kier molecular flexibility index (Phi) is 7.22. The summed E-state index contributed by atoms with van der Waals surface area (Å²) in [5.41, 5.74) is 0.398. The number of nitrogens with zero attached hydrogens (tertiary/aromatic N) is 1. The molecule has 2 rings (SSSR count). The van der Waals surface area contributed by atoms with E-state index in [1.807, 2.05) is 6.92 Å². The first kappa shape index (κ1) is 20.3. The Balaban J connectivity index is 1.83. The van der Waals surface area contributed by atoms with E-state index in [1.54, 1.807) is 32.2 Å². The molecule has 2 N–H and O–H groups in total. The van der Waals surface area contributed by atoms with Gasteiger partial charge in [0.05, 0.1) is 20.2 Å². The van der Waals surface area contributed by atoms with Crippen LogP contribution in [0.5, 0.6) is 5.75 Å². The van der Waals surface area contributed by atoms with Crippen molar-refractivity contribution in [2.75, 3.05) is 20.7 Å². The number of carbonyl (C=O) groups is 1. The lowest BCUT2D eigenvalue weighted by Gasteiger charge is -2.17. The van der Waals surface area contributed by atoms with Gasteiger partial charge in [0, 0.05) is 13.1 Å². The van der Waals surface area contributed by atoms with Crippen molar-refractivity contribution in [1.29, 1.82) is 0 Å². The van der Waals surface area contributed by atoms with Gasteiger partial charge in [0.25, 0.3) is 0 Å². The molecule has 0 aliphatic heterocycles. The lowest BCUT2D eigenvalue weighted by molar-refractivity contribution is 0.0599. The number of ether oxygens (including phenoxy) is 2. The molecular weight excluding hydrogens is 353 g/mol. The van der Waals surface area contributed by atoms with Crippen molar-refractivity contribution >= 4 is 11.9 Å². The maximum Gasteiger partial charge on any atom is 0.341 e. The van der Waals surface area contributed by atoms with Gasteiger partial charge in [-0.2, -0.15) is 0 Å². The minimum absolute atomic E-state index is 0.206. The Morgan fingerprint density at radius 1 is 1.33 bits per heavy atom. The van der Waals surface area contributed by atoms with E-state index in [9.17, 15) is 9.18 Å². The van der Waals surface area contributed by atoms with Gasteiger partial charge < -0.3 is 24.5 Å². The van der Waals surface area contributed by atoms with E-state index < -0.39 is 5.97 Å². The molecule has 2 aromatic rings. The van der Waals surface area contributed by atoms with Crippen LogP contribution in [0.4, 0.5) is 4.39 Å². The van der Waals surface area contributed by atoms with Gasteiger partial charge >= 0.3 is 5.97 Å². The van der Waals surface area contributed by atoms with Crippen LogP contribution in [0.15, 0.2) is 39.7 Å². The summed E-state index contributed by atoms with van der Waals surface area (Å²) in [6.07, 6.45) is -0.206. The summed E-state index contributed by atoms with van der Waals surface area (Å²) in [6.45, 7) is 4.37. The van der Waals surface area contributed by atoms with Gasteiger partial charge in [-0.15, -0.1) is 0 Å². The van der Waals surface area contributed by atoms with Crippen molar-refractivity contribution < 1.29 is 23.1 Å². The van der Waals surface area contributed by atoms with Crippen LogP contribution in [0.1, 0.15) is 28.8 Å². The molecule has 1 aromatic carbocycles. The zero-order valence-corrected chi connectivity index (χ0v) is 15.8. The third-order valence-electron chi connectivity index (χ3n) is 3.72. The van der Waals surface area contributed by atoms with Crippen molar-refractivity contribution in [3.63, 3.8) is 0 Å². The highest BCUT2D eigenvalue weighted by atomic mass is 19.1. The second kappa shape index (κ2) is 9.61. The largest absolute Gasteiger partial charge is 0.489 e. The first-order chi connectivity index (χ1) is 12.9. The maximum atomic E-state index is 13.2. The number of halogens is 1. The second-order valence-electron chi connectivity index (χ2n) is 5.87. The predicted molar refractivity (Wildman–Crippen MR) is 99.5 cm³/mol. The molecule has 0 bridgehead atoms. The van der Waals surface area contributed by atoms with E-state index in [0.29, 0.717) is 41.9 Å². The summed E-state index contributed by atoms with van der Waals surface area (Å²) in [5.74, 6) is 1.31. The topological polar surface area (TPSA) is 85.1 Å². The van der Waals surface area contributed by atoms with Crippen LogP contribution >= 0.6 is 0 Å². The minimum Gasteiger partial charge on any atom is -0.489 e. The highest BCUT2D eigenvalue weighted by Crippen LogP contribution is 2.15. The smallest absolute Gasteiger partial charge is 0.341 e. The van der Waals surface area contributed by atoms with Crippen LogP contribution in [-0.4, -0.2) is 38.7 Å². The number of carbonyl (C=O) groups excluding carboxylic acids is 1. The van der Waals surface area contributed by atoms with E-state index in [4.69, 9.17) is 13.9 Å². The lowest BCUT2D eigenvalue weighted by Crippen LogP contribution is -2.41. The number of rotatable bonds is 7. The van der Waals surface area contributed by atoms with Gasteiger partial charge in [-0.1, -0.05) is 6.07 Å². The van der Waals surface area contributed by atoms with Crippen LogP contribution in [0.25, 0.3) is 0 Å². The number of hydrogen-bond acceptors (Lipinski definition) is 5. The monoisotopic (exact) mass is 377 g/mol. The average molecular weight is 377 g/mol. The van der Waals surface area contributed by atoms with E-state index in [1.165, 1.54) is 19.2 Å². The zero-order valence-electron chi connectivity index (χ0n) is 15.8. The van der Waals surface area contributed by atoms with Crippen LogP contribution in [0, 0.1) is 12.7 Å². The summed E-state index contributed by atoms with van der Waals surface area (Å²) < 4.78 is 29.1. The number of aliphatic imine (C=N–C) groups is 1. The molecule has 0 aliphatic rings. The van der Waals surface area contributed by atoms with Gasteiger partial charge in [-0.05, 0) is 32.0 Å². The first-order valence-electron chi connectivity index (χ1n) is 8.47. The summed E-state index contributed by atoms with van der Waals surface area (Å²) in [5, 5.41) is 6.21. The predicted octanol–water partition coefficient (Wildman–Crippen LogP) is 2.65. The molecule has 0 saturated heterocycles. The Morgan fingerprint density at radius 2 is 2.11 bits per heavy atom. The van der Waals surface area contributed by atoms with Gasteiger partial charge in [0.15, 0.2) is 5.96 Å². The quantitative estimate of drug-likeness (QED) is 0.438. The summed E-state index contributed by atoms with van der Waals surface area (Å²) in [7, 11) is 2.96. The molecule has 8 heteroatoms. The van der Waals surface area contributed by atoms with Gasteiger partial charge in [-0.3, -0.25) is 4.99 Å². The number of guanidine groups is 1. The minimum atomic E-state index is -0.437. The van der Waals surface area contributed by atoms with Gasteiger partial charge in [-0.25, -0.2) is 9.18 Å². The van der Waals surface area contributed by atoms with E-state index >= 15 is 0 Å². The standard InChI is InChI=1S/C19H24FN3O4/c1-12(26-15-7-5-6-14(20)8-15)10-22-19(21-3)23-11-16-9-17(13(2)27-16)18(24)25-4/h5-9,12H,10-11H2,1-4H3,(H2,21,22,23). The Hall–Kier alpha value is -3.03. The fraction of sp³-hybridized carbons (Fsp3) is 0.368. The molecule has 0 saturated carbocycles. The summed E-state index contributed by atoms with van der Waals surface area (Å²) in [4.78, 5) is 15.7. The molecule has 0 amide bonds. The summed E-state index contributed by atoms with van der Waals surface area (Å²) >= 11 is 0. The Labute approximate surface area is 157 Å². The van der Waals surface area contributed by atoms with Crippen molar-refractivity contribution in [1.82, 2.24) is 10.6 Å². The molecule has 0 radical (unpaired) electrons. The Morgan fingerprint density at radius 3 is 2.78 bits per heavy atom. The molecule has 1 unspecified atom stereocenters. The molecule has 146 valence electrons. The van der Waals surface area contributed by atoms with Crippen LogP contribution in [-0.2, 0) is 11.3 Å². The molecule has 1 aromatic heterocycles. The average Bonchev–Trinajstić information content (AvgIpc) is 3.02. The van der Waals surface area contributed by atoms with Crippen molar-refractivity contribution in [3.05, 3.63) is 53.2 Å². The number of aryl methyl sites for hydroxylation is 1. The molecule has 1 heterocycles. The van der Waals surface area contributed by atoms with Crippen molar-refractivity contribution in [2.45, 2.75) is 26.5 Å². The molecule has 1 atom stereocenters. The third-order valence-corrected chi connectivity index (χ3v) is 3.72. The van der Waals surface area contributed by atoms with E-state index in [2.05, 4.69) is 15.6 Å². The van der Waals surface area contributed by atoms with Crippen LogP contribution in [0.2, 0.25) is 0 Å². The molecule has 0 fully saturated rings. The first-order valence-corrected chi connectivity index (χ1v) is 8.47. The molecule has 0 aliphatic carbocycles. The van der Waals surface area contributed by atoms with Crippen LogP contribution in [0.3, 0.4) is 0 Å². The zero-order chi connectivity index (χ0) is 19.8. The number of methoxy groups -OCH3 is 1. The fourth-order valence-electron chi connectivity index (χ4n) is 2.39. The maximum absolute atomic E-state index is 13.2. The Bertz CT molecular complexity index is 804. The van der Waals surface area contributed by atoms with Gasteiger partial charge in [0.1, 0.15) is 34.8 Å². The lowest BCUT2D eigenvalue weighted by atomic mass is 10.2. The second-order valence-corrected chi connectivity index (χ2v) is 5.87. The number of hydrogen-bond donors (Lipinski definition) is 2. The van der Waals surface area contributed by atoms with Crippen molar-refractivity contribution in [3.8, 4) is 5.75 Å². The molecular formula is C19H24FN3O4. The van der Waals surface area contributed by atoms with Crippen LogP contribution < -0.4 is 15.4 Å². The number of nitrogens with one attached hydrogen (secondary N) is 2.